The molecule has 1 aliphatic heterocycles. The van der Waals surface area contributed by atoms with Crippen LogP contribution in [0.2, 0.25) is 0 Å². The summed E-state index contributed by atoms with van der Waals surface area (Å²) in [6.07, 6.45) is 12.0. The fourth-order valence-corrected chi connectivity index (χ4v) is 10.4. The van der Waals surface area contributed by atoms with E-state index in [0.717, 1.165) is 80.8 Å². The number of rotatable bonds is 5. The number of nitrogens with zero attached hydrogens (tertiary/aromatic N) is 5. The first-order valence-corrected chi connectivity index (χ1v) is 17.6. The van der Waals surface area contributed by atoms with Gasteiger partial charge in [-0.25, -0.2) is 9.07 Å². The number of anilines is 1. The number of halogens is 1. The Bertz CT molecular complexity index is 1900. The van der Waals surface area contributed by atoms with E-state index in [1.54, 1.807) is 12.1 Å². The minimum Gasteiger partial charge on any atom is -0.423 e. The van der Waals surface area contributed by atoms with Crippen LogP contribution in [-0.4, -0.2) is 68.9 Å². The van der Waals surface area contributed by atoms with E-state index in [2.05, 4.69) is 41.1 Å². The molecule has 9 rings (SSSR count). The van der Waals surface area contributed by atoms with Gasteiger partial charge in [-0.05, 0) is 96.9 Å². The number of carbonyl (C=O) groups excluding carboxylic acids is 1. The molecule has 4 aliphatic carbocycles. The second-order valence-corrected chi connectivity index (χ2v) is 15.4. The van der Waals surface area contributed by atoms with Gasteiger partial charge in [-0.15, -0.1) is 0 Å². The van der Waals surface area contributed by atoms with Gasteiger partial charge in [0.15, 0.2) is 11.4 Å². The van der Waals surface area contributed by atoms with Crippen LogP contribution >= 0.6 is 0 Å². The van der Waals surface area contributed by atoms with Crippen LogP contribution in [0.15, 0.2) is 64.7 Å². The Hall–Kier alpha value is -2.77. The molecule has 2 aromatic carbocycles. The number of aliphatic hydroxyl groups is 1. The number of hydrogen-bond donors (Lipinski definition) is 1. The van der Waals surface area contributed by atoms with Crippen LogP contribution in [0.5, 0.6) is 0 Å². The summed E-state index contributed by atoms with van der Waals surface area (Å²) in [5, 5.41) is 17.0. The van der Waals surface area contributed by atoms with Gasteiger partial charge >= 0.3 is 0 Å². The van der Waals surface area contributed by atoms with E-state index in [-0.39, 0.29) is 54.7 Å². The van der Waals surface area contributed by atoms with Crippen LogP contribution < -0.4 is 4.90 Å². The minimum absolute atomic E-state index is 0. The van der Waals surface area contributed by atoms with E-state index < -0.39 is 11.0 Å². The molecule has 49 heavy (non-hydrogen) atoms. The predicted molar refractivity (Wildman–Crippen MR) is 182 cm³/mol. The maximum absolute atomic E-state index is 14.1. The van der Waals surface area contributed by atoms with E-state index in [0.29, 0.717) is 30.2 Å². The number of benzene rings is 2. The maximum Gasteiger partial charge on any atom is 0.298 e. The SMILES string of the molecule is C[C@]12Cc3cnn(-c4ccc(F)cc4)c3C=C1CCC1C2[CH-]C[C@@]2(C)C1CC[C@]2(O)C(=O)CN1CCN(c2nc3ccccc3o2)CC1.[U]. The van der Waals surface area contributed by atoms with Gasteiger partial charge in [0.25, 0.3) is 6.01 Å². The van der Waals surface area contributed by atoms with E-state index >= 15 is 0 Å². The number of allylic oxidation sites excluding steroid dienone is 1. The molecule has 3 saturated carbocycles. The van der Waals surface area contributed by atoms with Crippen LogP contribution in [0.1, 0.15) is 57.2 Å². The van der Waals surface area contributed by atoms with Crippen molar-refractivity contribution in [2.45, 2.75) is 58.0 Å². The van der Waals surface area contributed by atoms with Crippen molar-refractivity contribution in [3.05, 3.63) is 83.8 Å². The zero-order valence-corrected chi connectivity index (χ0v) is 32.4. The number of hydrogen-bond acceptors (Lipinski definition) is 7. The number of piperazine rings is 1. The molecule has 10 heteroatoms. The topological polar surface area (TPSA) is 87.6 Å². The van der Waals surface area contributed by atoms with E-state index in [4.69, 9.17) is 9.52 Å². The zero-order chi connectivity index (χ0) is 32.8. The summed E-state index contributed by atoms with van der Waals surface area (Å²) in [4.78, 5) is 23.1. The molecule has 3 unspecified atom stereocenters. The number of oxazole rings is 1. The van der Waals surface area contributed by atoms with Gasteiger partial charge in [-0.2, -0.15) is 22.4 Å². The average Bonchev–Trinajstić information content (AvgIpc) is 3.78. The monoisotopic (exact) mass is 886 g/mol. The summed E-state index contributed by atoms with van der Waals surface area (Å²) < 4.78 is 21.5. The zero-order valence-electron chi connectivity index (χ0n) is 28.2. The fraction of sp³-hybridized carbons (Fsp3) is 0.487. The molecule has 5 aliphatic rings. The molecule has 4 fully saturated rings. The summed E-state index contributed by atoms with van der Waals surface area (Å²) in [5.74, 6) is 0.851. The second kappa shape index (κ2) is 12.2. The smallest absolute Gasteiger partial charge is 0.298 e. The molecule has 0 bridgehead atoms. The number of para-hydroxylation sites is 2. The Morgan fingerprint density at radius 3 is 2.63 bits per heavy atom. The third-order valence-corrected chi connectivity index (χ3v) is 13.2. The molecule has 8 nitrogen and oxygen atoms in total. The molecular formula is C39H43FN5O3U-. The number of ketones is 1. The van der Waals surface area contributed by atoms with Crippen LogP contribution in [0.4, 0.5) is 10.4 Å². The van der Waals surface area contributed by atoms with Crippen molar-refractivity contribution in [1.29, 1.82) is 0 Å². The molecule has 1 saturated heterocycles. The van der Waals surface area contributed by atoms with Gasteiger partial charge in [0.05, 0.1) is 24.1 Å². The third-order valence-electron chi connectivity index (χ3n) is 13.2. The van der Waals surface area contributed by atoms with Crippen molar-refractivity contribution in [3.63, 3.8) is 0 Å². The minimum atomic E-state index is -1.32. The van der Waals surface area contributed by atoms with Crippen LogP contribution in [0, 0.1) is 71.9 Å². The third kappa shape index (κ3) is 5.14. The standard InChI is InChI=1S/C39H43FN5O3.U/c1-37-22-25-23-41-45(28-10-8-27(40)9-11-28)33(25)21-26(37)7-12-29-30(37)13-15-38(2)31(29)14-16-39(38,47)35(46)24-43-17-19-44(20-18-43)36-42-32-5-3-4-6-34(32)48-36;/h3-6,8-11,13,21,23,29-31,47H,7,12,14-20,22,24H2,1-2H3;/q-1;/t29?,30?,31?,37-,38-,39-;/m0./s1. The van der Waals surface area contributed by atoms with E-state index in [1.807, 2.05) is 35.1 Å². The summed E-state index contributed by atoms with van der Waals surface area (Å²) >= 11 is 0. The summed E-state index contributed by atoms with van der Waals surface area (Å²) in [6, 6.07) is 15.0. The van der Waals surface area contributed by atoms with Crippen molar-refractivity contribution in [2.75, 3.05) is 37.6 Å². The molecule has 4 aromatic rings. The fourth-order valence-electron chi connectivity index (χ4n) is 10.4. The first-order valence-electron chi connectivity index (χ1n) is 17.6. The van der Waals surface area contributed by atoms with Crippen molar-refractivity contribution in [3.8, 4) is 5.69 Å². The van der Waals surface area contributed by atoms with Crippen molar-refractivity contribution in [1.82, 2.24) is 19.7 Å². The normalized spacial score (nSPS) is 32.4. The molecule has 0 radical (unpaired) electrons. The van der Waals surface area contributed by atoms with E-state index in [9.17, 15) is 14.3 Å². The number of fused-ring (bicyclic) bond motifs is 7. The van der Waals surface area contributed by atoms with Gasteiger partial charge in [-0.1, -0.05) is 37.5 Å². The van der Waals surface area contributed by atoms with Gasteiger partial charge in [-0.3, -0.25) is 9.69 Å². The first kappa shape index (κ1) is 33.4. The van der Waals surface area contributed by atoms with Gasteiger partial charge in [0.2, 0.25) is 0 Å². The number of carbonyl (C=O) groups is 1. The first-order chi connectivity index (χ1) is 23.2. The molecule has 1 N–H and O–H groups in total. The van der Waals surface area contributed by atoms with Crippen LogP contribution in [0.25, 0.3) is 22.9 Å². The molecule has 0 spiro atoms. The number of Topliss-reactive ketones (excluding diaryl/α,β-unsaturated/α-hetero) is 1. The van der Waals surface area contributed by atoms with Crippen LogP contribution in [-0.2, 0) is 11.2 Å². The Labute approximate surface area is 310 Å². The Kier molecular flexibility index (Phi) is 8.30. The molecule has 0 amide bonds. The van der Waals surface area contributed by atoms with Gasteiger partial charge < -0.3 is 20.8 Å². The quantitative estimate of drug-likeness (QED) is 0.237. The van der Waals surface area contributed by atoms with E-state index in [1.165, 1.54) is 23.3 Å². The van der Waals surface area contributed by atoms with Crippen LogP contribution in [0.3, 0.4) is 0 Å². The van der Waals surface area contributed by atoms with Crippen molar-refractivity contribution < 1.29 is 49.8 Å². The largest absolute Gasteiger partial charge is 0.423 e. The molecule has 6 atom stereocenters. The van der Waals surface area contributed by atoms with Gasteiger partial charge in [0.1, 0.15) is 16.9 Å². The Morgan fingerprint density at radius 2 is 1.86 bits per heavy atom. The summed E-state index contributed by atoms with van der Waals surface area (Å²) in [5.41, 5.74) is 4.49. The average molecular weight is 887 g/mol. The van der Waals surface area contributed by atoms with Gasteiger partial charge in [0, 0.05) is 57.3 Å². The molecule has 3 heterocycles. The second-order valence-electron chi connectivity index (χ2n) is 15.4. The predicted octanol–water partition coefficient (Wildman–Crippen LogP) is 6.27. The number of aromatic nitrogens is 3. The summed E-state index contributed by atoms with van der Waals surface area (Å²) in [7, 11) is 0. The Balaban J connectivity index is 0.00000348. The maximum atomic E-state index is 14.1. The molecular weight excluding hydrogens is 843 g/mol. The Morgan fingerprint density at radius 1 is 1.08 bits per heavy atom. The molecule has 2 aromatic heterocycles. The van der Waals surface area contributed by atoms with Crippen molar-refractivity contribution in [2.24, 2.45) is 28.6 Å². The molecule has 254 valence electrons. The summed E-state index contributed by atoms with van der Waals surface area (Å²) in [6.45, 7) is 7.80. The van der Waals surface area contributed by atoms with Crippen molar-refractivity contribution >= 4 is 29.0 Å².